The maximum absolute atomic E-state index is 5.83. The first-order chi connectivity index (χ1) is 8.33. The fraction of sp³-hybridized carbons (Fsp3) is 0.600. The zero-order valence-corrected chi connectivity index (χ0v) is 10.5. The standard InChI is InChI=1S/C15H21NO/c1-11-2-4-12(5-3-11)10-16-14-8-9-17-15(14)13-6-7-13/h2-5,13-16H,6-10H2,1H3. The molecule has 2 fully saturated rings. The Hall–Kier alpha value is -0.860. The maximum atomic E-state index is 5.83. The SMILES string of the molecule is Cc1ccc(CNC2CCOC2C2CC2)cc1. The van der Waals surface area contributed by atoms with Crippen molar-refractivity contribution in [3.05, 3.63) is 35.4 Å². The molecule has 2 nitrogen and oxygen atoms in total. The third-order valence-corrected chi connectivity index (χ3v) is 3.91. The number of ether oxygens (including phenoxy) is 1. The molecule has 0 bridgehead atoms. The summed E-state index contributed by atoms with van der Waals surface area (Å²) in [6.45, 7) is 4.04. The van der Waals surface area contributed by atoms with E-state index < -0.39 is 0 Å². The highest BCUT2D eigenvalue weighted by atomic mass is 16.5. The Labute approximate surface area is 103 Å². The molecule has 0 radical (unpaired) electrons. The molecule has 1 aliphatic carbocycles. The molecule has 0 amide bonds. The van der Waals surface area contributed by atoms with Crippen LogP contribution in [0.15, 0.2) is 24.3 Å². The largest absolute Gasteiger partial charge is 0.376 e. The lowest BCUT2D eigenvalue weighted by atomic mass is 10.1. The van der Waals surface area contributed by atoms with E-state index in [1.807, 2.05) is 0 Å². The van der Waals surface area contributed by atoms with Crippen LogP contribution in [0, 0.1) is 12.8 Å². The molecule has 2 heteroatoms. The van der Waals surface area contributed by atoms with Crippen molar-refractivity contribution in [1.82, 2.24) is 5.32 Å². The average molecular weight is 231 g/mol. The highest BCUT2D eigenvalue weighted by molar-refractivity contribution is 5.21. The topological polar surface area (TPSA) is 21.3 Å². The summed E-state index contributed by atoms with van der Waals surface area (Å²) in [4.78, 5) is 0. The van der Waals surface area contributed by atoms with E-state index in [0.717, 1.165) is 19.1 Å². The van der Waals surface area contributed by atoms with Gasteiger partial charge >= 0.3 is 0 Å². The lowest BCUT2D eigenvalue weighted by molar-refractivity contribution is 0.0809. The molecule has 92 valence electrons. The van der Waals surface area contributed by atoms with Gasteiger partial charge in [-0.3, -0.25) is 0 Å². The molecule has 0 aromatic heterocycles. The van der Waals surface area contributed by atoms with Gasteiger partial charge in [-0.25, -0.2) is 0 Å². The zero-order valence-electron chi connectivity index (χ0n) is 10.5. The number of hydrogen-bond acceptors (Lipinski definition) is 2. The van der Waals surface area contributed by atoms with E-state index in [9.17, 15) is 0 Å². The lowest BCUT2D eigenvalue weighted by Crippen LogP contribution is -2.37. The molecule has 0 spiro atoms. The van der Waals surface area contributed by atoms with E-state index in [2.05, 4.69) is 36.5 Å². The van der Waals surface area contributed by atoms with E-state index in [4.69, 9.17) is 4.74 Å². The minimum Gasteiger partial charge on any atom is -0.376 e. The van der Waals surface area contributed by atoms with E-state index in [-0.39, 0.29) is 0 Å². The number of rotatable bonds is 4. The quantitative estimate of drug-likeness (QED) is 0.860. The van der Waals surface area contributed by atoms with E-state index >= 15 is 0 Å². The third kappa shape index (κ3) is 2.70. The second kappa shape index (κ2) is 4.79. The molecule has 2 atom stereocenters. The van der Waals surface area contributed by atoms with Gasteiger partial charge in [-0.1, -0.05) is 29.8 Å². The summed E-state index contributed by atoms with van der Waals surface area (Å²) in [6, 6.07) is 9.36. The van der Waals surface area contributed by atoms with Crippen LogP contribution in [0.4, 0.5) is 0 Å². The van der Waals surface area contributed by atoms with Crippen molar-refractivity contribution in [3.8, 4) is 0 Å². The van der Waals surface area contributed by atoms with Gasteiger partial charge in [-0.2, -0.15) is 0 Å². The molecule has 17 heavy (non-hydrogen) atoms. The predicted octanol–water partition coefficient (Wildman–Crippen LogP) is 2.65. The Morgan fingerprint density at radius 2 is 1.94 bits per heavy atom. The second-order valence-electron chi connectivity index (χ2n) is 5.43. The normalized spacial score (nSPS) is 28.5. The Balaban J connectivity index is 1.54. The molecule has 1 N–H and O–H groups in total. The van der Waals surface area contributed by atoms with Gasteiger partial charge in [-0.05, 0) is 37.7 Å². The van der Waals surface area contributed by atoms with Crippen LogP contribution < -0.4 is 5.32 Å². The van der Waals surface area contributed by atoms with Gasteiger partial charge < -0.3 is 10.1 Å². The summed E-state index contributed by atoms with van der Waals surface area (Å²) in [5, 5.41) is 3.66. The minimum atomic E-state index is 0.487. The smallest absolute Gasteiger partial charge is 0.0757 e. The molecular weight excluding hydrogens is 210 g/mol. The minimum absolute atomic E-state index is 0.487. The predicted molar refractivity (Wildman–Crippen MR) is 68.9 cm³/mol. The molecule has 1 aliphatic heterocycles. The fourth-order valence-corrected chi connectivity index (χ4v) is 2.67. The maximum Gasteiger partial charge on any atom is 0.0757 e. The van der Waals surface area contributed by atoms with Gasteiger partial charge in [0.2, 0.25) is 0 Å². The van der Waals surface area contributed by atoms with Crippen LogP contribution in [0.25, 0.3) is 0 Å². The molecule has 1 saturated carbocycles. The number of hydrogen-bond donors (Lipinski definition) is 1. The Morgan fingerprint density at radius 3 is 2.65 bits per heavy atom. The molecule has 2 unspecified atom stereocenters. The van der Waals surface area contributed by atoms with Crippen molar-refractivity contribution in [1.29, 1.82) is 0 Å². The van der Waals surface area contributed by atoms with Crippen molar-refractivity contribution in [2.45, 2.75) is 44.9 Å². The molecule has 1 saturated heterocycles. The molecule has 1 heterocycles. The van der Waals surface area contributed by atoms with Gasteiger partial charge in [0, 0.05) is 19.2 Å². The fourth-order valence-electron chi connectivity index (χ4n) is 2.67. The van der Waals surface area contributed by atoms with Gasteiger partial charge in [0.25, 0.3) is 0 Å². The zero-order chi connectivity index (χ0) is 11.7. The van der Waals surface area contributed by atoms with E-state index in [1.54, 1.807) is 0 Å². The average Bonchev–Trinajstić information content (AvgIpc) is 3.08. The lowest BCUT2D eigenvalue weighted by Gasteiger charge is -2.19. The number of benzene rings is 1. The first kappa shape index (κ1) is 11.2. The van der Waals surface area contributed by atoms with Gasteiger partial charge in [0.15, 0.2) is 0 Å². The van der Waals surface area contributed by atoms with Crippen LogP contribution in [0.1, 0.15) is 30.4 Å². The van der Waals surface area contributed by atoms with E-state index in [0.29, 0.717) is 12.1 Å². The van der Waals surface area contributed by atoms with Gasteiger partial charge in [0.05, 0.1) is 6.10 Å². The highest BCUT2D eigenvalue weighted by Gasteiger charge is 2.40. The number of nitrogens with one attached hydrogen (secondary N) is 1. The van der Waals surface area contributed by atoms with Crippen molar-refractivity contribution < 1.29 is 4.74 Å². The van der Waals surface area contributed by atoms with Crippen molar-refractivity contribution in [2.75, 3.05) is 6.61 Å². The van der Waals surface area contributed by atoms with Crippen LogP contribution in [0.3, 0.4) is 0 Å². The van der Waals surface area contributed by atoms with Crippen LogP contribution in [-0.4, -0.2) is 18.8 Å². The second-order valence-corrected chi connectivity index (χ2v) is 5.43. The summed E-state index contributed by atoms with van der Waals surface area (Å²) in [7, 11) is 0. The molecule has 1 aromatic carbocycles. The molecular formula is C15H21NO. The van der Waals surface area contributed by atoms with Crippen molar-refractivity contribution in [3.63, 3.8) is 0 Å². The summed E-state index contributed by atoms with van der Waals surface area (Å²) < 4.78 is 5.83. The van der Waals surface area contributed by atoms with E-state index in [1.165, 1.54) is 30.4 Å². The Morgan fingerprint density at radius 1 is 1.18 bits per heavy atom. The van der Waals surface area contributed by atoms with Gasteiger partial charge in [0.1, 0.15) is 0 Å². The van der Waals surface area contributed by atoms with Crippen LogP contribution in [0.2, 0.25) is 0 Å². The first-order valence-corrected chi connectivity index (χ1v) is 6.73. The van der Waals surface area contributed by atoms with Crippen molar-refractivity contribution >= 4 is 0 Å². The van der Waals surface area contributed by atoms with Gasteiger partial charge in [-0.15, -0.1) is 0 Å². The third-order valence-electron chi connectivity index (χ3n) is 3.91. The monoisotopic (exact) mass is 231 g/mol. The number of aryl methyl sites for hydroxylation is 1. The summed E-state index contributed by atoms with van der Waals surface area (Å²) in [5.41, 5.74) is 2.70. The Kier molecular flexibility index (Phi) is 3.17. The highest BCUT2D eigenvalue weighted by Crippen LogP contribution is 2.38. The summed E-state index contributed by atoms with van der Waals surface area (Å²) >= 11 is 0. The molecule has 2 aliphatic rings. The molecule has 1 aromatic rings. The first-order valence-electron chi connectivity index (χ1n) is 6.73. The van der Waals surface area contributed by atoms with Crippen LogP contribution in [0.5, 0.6) is 0 Å². The molecule has 3 rings (SSSR count). The van der Waals surface area contributed by atoms with Crippen LogP contribution >= 0.6 is 0 Å². The summed E-state index contributed by atoms with van der Waals surface area (Å²) in [6.07, 6.45) is 4.40. The summed E-state index contributed by atoms with van der Waals surface area (Å²) in [5.74, 6) is 0.841. The van der Waals surface area contributed by atoms with Crippen LogP contribution in [-0.2, 0) is 11.3 Å². The van der Waals surface area contributed by atoms with Crippen molar-refractivity contribution in [2.24, 2.45) is 5.92 Å². The Bertz CT molecular complexity index is 369.